The molecule has 1 aliphatic rings. The highest BCUT2D eigenvalue weighted by molar-refractivity contribution is 5.62. The molecule has 3 N–H and O–H groups in total. The van der Waals surface area contributed by atoms with E-state index in [1.54, 1.807) is 19.2 Å². The number of anilines is 2. The van der Waals surface area contributed by atoms with E-state index in [4.69, 9.17) is 4.74 Å². The second-order valence-electron chi connectivity index (χ2n) is 4.87. The van der Waals surface area contributed by atoms with Gasteiger partial charge in [0.25, 0.3) is 0 Å². The first kappa shape index (κ1) is 12.7. The van der Waals surface area contributed by atoms with E-state index < -0.39 is 0 Å². The Morgan fingerprint density at radius 3 is 3.00 bits per heavy atom. The van der Waals surface area contributed by atoms with Gasteiger partial charge < -0.3 is 20.5 Å². The molecule has 0 aromatic heterocycles. The Morgan fingerprint density at radius 2 is 2.20 bits per heavy atom. The average Bonchev–Trinajstić information content (AvgIpc) is 2.94. The van der Waals surface area contributed by atoms with Crippen molar-refractivity contribution in [2.45, 2.75) is 13.0 Å². The van der Waals surface area contributed by atoms with E-state index in [9.17, 15) is 5.11 Å². The van der Waals surface area contributed by atoms with Crippen LogP contribution >= 0.6 is 0 Å². The van der Waals surface area contributed by atoms with E-state index in [-0.39, 0.29) is 5.75 Å². The first-order valence-corrected chi connectivity index (χ1v) is 6.73. The zero-order valence-electron chi connectivity index (χ0n) is 11.4. The van der Waals surface area contributed by atoms with Crippen LogP contribution in [0, 0.1) is 0 Å². The molecule has 3 rings (SSSR count). The monoisotopic (exact) mass is 270 g/mol. The molecule has 4 nitrogen and oxygen atoms in total. The second-order valence-corrected chi connectivity index (χ2v) is 4.87. The summed E-state index contributed by atoms with van der Waals surface area (Å²) < 4.78 is 5.04. The van der Waals surface area contributed by atoms with Gasteiger partial charge in [-0.3, -0.25) is 0 Å². The first-order chi connectivity index (χ1) is 9.78. The smallest absolute Gasteiger partial charge is 0.160 e. The topological polar surface area (TPSA) is 53.5 Å². The number of methoxy groups -OCH3 is 1. The van der Waals surface area contributed by atoms with Crippen molar-refractivity contribution in [3.8, 4) is 11.5 Å². The van der Waals surface area contributed by atoms with Crippen molar-refractivity contribution >= 4 is 11.4 Å². The lowest BCUT2D eigenvalue weighted by Gasteiger charge is -2.12. The standard InChI is InChI=1S/C16H18N2O2/c1-20-15-6-5-13(9-14(15)19)18-10-12-4-2-3-11-7-8-17-16(11)12/h2-6,9,17-19H,7-8,10H2,1H3. The molecule has 0 saturated heterocycles. The van der Waals surface area contributed by atoms with Crippen molar-refractivity contribution < 1.29 is 9.84 Å². The van der Waals surface area contributed by atoms with Crippen molar-refractivity contribution in [3.63, 3.8) is 0 Å². The van der Waals surface area contributed by atoms with Crippen molar-refractivity contribution in [2.24, 2.45) is 0 Å². The number of nitrogens with one attached hydrogen (secondary N) is 2. The number of fused-ring (bicyclic) bond motifs is 1. The molecule has 0 aliphatic carbocycles. The molecule has 0 spiro atoms. The molecule has 0 fully saturated rings. The molecule has 1 aliphatic heterocycles. The molecule has 2 aromatic rings. The Bertz CT molecular complexity index is 626. The summed E-state index contributed by atoms with van der Waals surface area (Å²) in [5.41, 5.74) is 4.74. The van der Waals surface area contributed by atoms with Gasteiger partial charge in [-0.05, 0) is 29.7 Å². The van der Waals surface area contributed by atoms with Gasteiger partial charge in [0.15, 0.2) is 11.5 Å². The number of aromatic hydroxyl groups is 1. The number of phenolic OH excluding ortho intramolecular Hbond substituents is 1. The fourth-order valence-electron chi connectivity index (χ4n) is 2.56. The quantitative estimate of drug-likeness (QED) is 0.799. The summed E-state index contributed by atoms with van der Waals surface area (Å²) in [7, 11) is 1.54. The molecule has 0 unspecified atom stereocenters. The predicted octanol–water partition coefficient (Wildman–Crippen LogP) is 2.98. The maximum Gasteiger partial charge on any atom is 0.160 e. The molecule has 1 heterocycles. The maximum absolute atomic E-state index is 9.77. The van der Waals surface area contributed by atoms with E-state index >= 15 is 0 Å². The van der Waals surface area contributed by atoms with Crippen LogP contribution in [0.15, 0.2) is 36.4 Å². The molecule has 0 saturated carbocycles. The molecular formula is C16H18N2O2. The summed E-state index contributed by atoms with van der Waals surface area (Å²) >= 11 is 0. The highest BCUT2D eigenvalue weighted by atomic mass is 16.5. The van der Waals surface area contributed by atoms with Gasteiger partial charge in [-0.2, -0.15) is 0 Å². The summed E-state index contributed by atoms with van der Waals surface area (Å²) in [6.07, 6.45) is 1.09. The number of rotatable bonds is 4. The van der Waals surface area contributed by atoms with Gasteiger partial charge in [0, 0.05) is 30.5 Å². The number of phenols is 1. The zero-order valence-corrected chi connectivity index (χ0v) is 11.4. The van der Waals surface area contributed by atoms with Crippen LogP contribution < -0.4 is 15.4 Å². The summed E-state index contributed by atoms with van der Waals surface area (Å²) in [4.78, 5) is 0. The van der Waals surface area contributed by atoms with Crippen LogP contribution in [0.25, 0.3) is 0 Å². The molecule has 0 amide bonds. The van der Waals surface area contributed by atoms with E-state index in [0.29, 0.717) is 5.75 Å². The van der Waals surface area contributed by atoms with E-state index in [1.807, 2.05) is 6.07 Å². The van der Waals surface area contributed by atoms with Gasteiger partial charge in [0.05, 0.1) is 7.11 Å². The Balaban J connectivity index is 1.74. The van der Waals surface area contributed by atoms with Crippen molar-refractivity contribution in [1.82, 2.24) is 0 Å². The van der Waals surface area contributed by atoms with Gasteiger partial charge in [0.2, 0.25) is 0 Å². The van der Waals surface area contributed by atoms with Gasteiger partial charge >= 0.3 is 0 Å². The molecule has 20 heavy (non-hydrogen) atoms. The van der Waals surface area contributed by atoms with Gasteiger partial charge in [0.1, 0.15) is 0 Å². The first-order valence-electron chi connectivity index (χ1n) is 6.73. The van der Waals surface area contributed by atoms with Gasteiger partial charge in [-0.1, -0.05) is 18.2 Å². The van der Waals surface area contributed by atoms with E-state index in [0.717, 1.165) is 25.2 Å². The van der Waals surface area contributed by atoms with Crippen LogP contribution in [0.3, 0.4) is 0 Å². The SMILES string of the molecule is COc1ccc(NCc2cccc3c2NCC3)cc1O. The largest absolute Gasteiger partial charge is 0.504 e. The minimum atomic E-state index is 0.147. The van der Waals surface area contributed by atoms with Crippen LogP contribution in [0.4, 0.5) is 11.4 Å². The molecule has 0 bridgehead atoms. The minimum Gasteiger partial charge on any atom is -0.504 e. The molecule has 2 aromatic carbocycles. The second kappa shape index (κ2) is 5.33. The maximum atomic E-state index is 9.77. The average molecular weight is 270 g/mol. The third-order valence-corrected chi connectivity index (χ3v) is 3.59. The van der Waals surface area contributed by atoms with Gasteiger partial charge in [-0.15, -0.1) is 0 Å². The normalized spacial score (nSPS) is 12.7. The van der Waals surface area contributed by atoms with Crippen molar-refractivity contribution in [3.05, 3.63) is 47.5 Å². The number of benzene rings is 2. The van der Waals surface area contributed by atoms with E-state index in [1.165, 1.54) is 16.8 Å². The summed E-state index contributed by atoms with van der Waals surface area (Å²) in [5.74, 6) is 0.631. The summed E-state index contributed by atoms with van der Waals surface area (Å²) in [5, 5.41) is 16.5. The minimum absolute atomic E-state index is 0.147. The van der Waals surface area contributed by atoms with Crippen LogP contribution in [-0.2, 0) is 13.0 Å². The summed E-state index contributed by atoms with van der Waals surface area (Å²) in [6, 6.07) is 11.7. The molecule has 104 valence electrons. The van der Waals surface area contributed by atoms with Crippen molar-refractivity contribution in [1.29, 1.82) is 0 Å². The van der Waals surface area contributed by atoms with Crippen LogP contribution in [0.1, 0.15) is 11.1 Å². The van der Waals surface area contributed by atoms with Crippen molar-refractivity contribution in [2.75, 3.05) is 24.3 Å². The lowest BCUT2D eigenvalue weighted by Crippen LogP contribution is -2.03. The van der Waals surface area contributed by atoms with Crippen LogP contribution in [-0.4, -0.2) is 18.8 Å². The van der Waals surface area contributed by atoms with Crippen LogP contribution in [0.2, 0.25) is 0 Å². The molecule has 4 heteroatoms. The molecule has 0 radical (unpaired) electrons. The predicted molar refractivity (Wildman–Crippen MR) is 80.6 cm³/mol. The van der Waals surface area contributed by atoms with Crippen LogP contribution in [0.5, 0.6) is 11.5 Å². The van der Waals surface area contributed by atoms with Gasteiger partial charge in [-0.25, -0.2) is 0 Å². The Labute approximate surface area is 118 Å². The van der Waals surface area contributed by atoms with E-state index in [2.05, 4.69) is 28.8 Å². The molecule has 0 atom stereocenters. The highest BCUT2D eigenvalue weighted by Gasteiger charge is 2.13. The molecular weight excluding hydrogens is 252 g/mol. The lowest BCUT2D eigenvalue weighted by atomic mass is 10.1. The Hall–Kier alpha value is -2.36. The third kappa shape index (κ3) is 2.37. The Kier molecular flexibility index (Phi) is 3.37. The third-order valence-electron chi connectivity index (χ3n) is 3.59. The Morgan fingerprint density at radius 1 is 1.30 bits per heavy atom. The fraction of sp³-hybridized carbons (Fsp3) is 0.250. The fourth-order valence-corrected chi connectivity index (χ4v) is 2.56. The lowest BCUT2D eigenvalue weighted by molar-refractivity contribution is 0.373. The number of ether oxygens (including phenoxy) is 1. The number of hydrogen-bond donors (Lipinski definition) is 3. The number of hydrogen-bond acceptors (Lipinski definition) is 4. The summed E-state index contributed by atoms with van der Waals surface area (Å²) in [6.45, 7) is 1.73. The number of para-hydroxylation sites is 1. The highest BCUT2D eigenvalue weighted by Crippen LogP contribution is 2.30. The zero-order chi connectivity index (χ0) is 13.9.